The Labute approximate surface area is 81.9 Å². The van der Waals surface area contributed by atoms with Gasteiger partial charge in [-0.2, -0.15) is 24.6 Å². The van der Waals surface area contributed by atoms with Crippen LogP contribution in [0.4, 0.5) is 0 Å². The predicted octanol–water partition coefficient (Wildman–Crippen LogP) is 2.47. The molecule has 0 spiro atoms. The van der Waals surface area contributed by atoms with Crippen molar-refractivity contribution in [1.29, 1.82) is 0 Å². The van der Waals surface area contributed by atoms with Crippen molar-refractivity contribution in [2.45, 2.75) is 0 Å². The minimum Gasteiger partial charge on any atom is -0.199 e. The fourth-order valence-corrected chi connectivity index (χ4v) is 0.844. The molecule has 0 amide bonds. The van der Waals surface area contributed by atoms with Gasteiger partial charge in [0.05, 0.1) is 0 Å². The maximum Gasteiger partial charge on any atom is 0 e. The molecule has 0 N–H and O–H groups in total. The van der Waals surface area contributed by atoms with E-state index in [1.807, 2.05) is 24.3 Å². The molecule has 0 aliphatic carbocycles. The zero-order chi connectivity index (χ0) is 5.98. The van der Waals surface area contributed by atoms with E-state index in [9.17, 15) is 0 Å². The first-order chi connectivity index (χ1) is 3.79. The maximum atomic E-state index is 3.76. The maximum absolute atomic E-state index is 3.76. The summed E-state index contributed by atoms with van der Waals surface area (Å²) in [5, 5.41) is 0. The van der Waals surface area contributed by atoms with Crippen molar-refractivity contribution in [3.8, 4) is 0 Å². The summed E-state index contributed by atoms with van der Waals surface area (Å²) >= 11 is 2.27. The Morgan fingerprint density at radius 2 is 1.56 bits per heavy atom. The van der Waals surface area contributed by atoms with Gasteiger partial charge in [0.15, 0.2) is 0 Å². The fourth-order valence-electron chi connectivity index (χ4n) is 0.484. The Kier molecular flexibility index (Phi) is 4.50. The molecule has 0 saturated carbocycles. The molecule has 0 aromatic heterocycles. The smallest absolute Gasteiger partial charge is 0 e. The molecule has 0 fully saturated rings. The Morgan fingerprint density at radius 1 is 1.11 bits per heavy atom. The van der Waals surface area contributed by atoms with Gasteiger partial charge in [-0.3, -0.25) is 0 Å². The van der Waals surface area contributed by atoms with Crippen LogP contribution < -0.4 is 0 Å². The monoisotopic (exact) mass is 281 g/mol. The van der Waals surface area contributed by atoms with Crippen molar-refractivity contribution in [1.82, 2.24) is 0 Å². The number of rotatable bonds is 0. The molecule has 0 radical (unpaired) electrons. The van der Waals surface area contributed by atoms with Crippen molar-refractivity contribution in [2.75, 3.05) is 0 Å². The van der Waals surface area contributed by atoms with Crippen LogP contribution in [0.3, 0.4) is 0 Å². The summed E-state index contributed by atoms with van der Waals surface area (Å²) in [6, 6.07) is 8.09. The fraction of sp³-hybridized carbons (Fsp3) is 0. The molecule has 0 bridgehead atoms. The minimum atomic E-state index is 0. The summed E-state index contributed by atoms with van der Waals surface area (Å²) in [4.78, 5) is 0. The topological polar surface area (TPSA) is 0 Å². The molecular formula is C7H6IZn-. The van der Waals surface area contributed by atoms with E-state index in [-0.39, 0.29) is 19.5 Å². The SMILES string of the molecule is [CH2-]c1ccc(I)cc1.[Zn]. The number of halogens is 1. The van der Waals surface area contributed by atoms with Crippen LogP contribution in [0.2, 0.25) is 0 Å². The van der Waals surface area contributed by atoms with Gasteiger partial charge < -0.3 is 0 Å². The van der Waals surface area contributed by atoms with Gasteiger partial charge >= 0.3 is 0 Å². The largest absolute Gasteiger partial charge is 0.199 e. The van der Waals surface area contributed by atoms with Crippen molar-refractivity contribution < 1.29 is 19.5 Å². The standard InChI is InChI=1S/C7H6I.Zn/c1-6-2-4-7(8)5-3-6;/h2-5H,1H2;/q-1;. The molecule has 0 heterocycles. The molecule has 44 valence electrons. The normalized spacial score (nSPS) is 8.11. The number of hydrogen-bond acceptors (Lipinski definition) is 0. The summed E-state index contributed by atoms with van der Waals surface area (Å²) < 4.78 is 1.26. The van der Waals surface area contributed by atoms with Gasteiger partial charge in [0.25, 0.3) is 0 Å². The molecule has 0 unspecified atom stereocenters. The second kappa shape index (κ2) is 4.29. The van der Waals surface area contributed by atoms with Crippen LogP contribution in [0.5, 0.6) is 0 Å². The first-order valence-electron chi connectivity index (χ1n) is 2.36. The third-order valence-corrected chi connectivity index (χ3v) is 1.63. The van der Waals surface area contributed by atoms with Gasteiger partial charge in [0.1, 0.15) is 0 Å². The molecule has 0 saturated heterocycles. The summed E-state index contributed by atoms with van der Waals surface area (Å²) in [6.07, 6.45) is 0. The molecule has 1 aromatic rings. The number of hydrogen-bond donors (Lipinski definition) is 0. The molecule has 2 heteroatoms. The van der Waals surface area contributed by atoms with Crippen LogP contribution in [0.25, 0.3) is 0 Å². The van der Waals surface area contributed by atoms with E-state index in [2.05, 4.69) is 29.5 Å². The quantitative estimate of drug-likeness (QED) is 0.389. The third-order valence-electron chi connectivity index (χ3n) is 0.913. The van der Waals surface area contributed by atoms with Crippen LogP contribution in [0.1, 0.15) is 5.56 Å². The zero-order valence-corrected chi connectivity index (χ0v) is 10.2. The molecule has 0 aliphatic heterocycles. The van der Waals surface area contributed by atoms with Crippen LogP contribution in [-0.2, 0) is 19.5 Å². The summed E-state index contributed by atoms with van der Waals surface area (Å²) in [6.45, 7) is 3.76. The Morgan fingerprint density at radius 3 is 1.89 bits per heavy atom. The van der Waals surface area contributed by atoms with Crippen molar-refractivity contribution in [3.05, 3.63) is 40.3 Å². The van der Waals surface area contributed by atoms with E-state index in [1.165, 1.54) is 3.57 Å². The van der Waals surface area contributed by atoms with Crippen LogP contribution in [-0.4, -0.2) is 0 Å². The molecule has 0 aliphatic rings. The first kappa shape index (κ1) is 9.44. The van der Waals surface area contributed by atoms with Crippen LogP contribution in [0, 0.1) is 10.5 Å². The first-order valence-corrected chi connectivity index (χ1v) is 3.44. The Balaban J connectivity index is 0.000000640. The van der Waals surface area contributed by atoms with Gasteiger partial charge in [0, 0.05) is 19.5 Å². The van der Waals surface area contributed by atoms with E-state index in [0.717, 1.165) is 5.56 Å². The molecule has 0 atom stereocenters. The van der Waals surface area contributed by atoms with Crippen molar-refractivity contribution >= 4 is 22.6 Å². The predicted molar refractivity (Wildman–Crippen MR) is 43.6 cm³/mol. The molecule has 1 aromatic carbocycles. The average Bonchev–Trinajstić information content (AvgIpc) is 1.77. The van der Waals surface area contributed by atoms with E-state index >= 15 is 0 Å². The van der Waals surface area contributed by atoms with Crippen LogP contribution >= 0.6 is 22.6 Å². The van der Waals surface area contributed by atoms with Gasteiger partial charge in [-0.15, -0.1) is 12.1 Å². The van der Waals surface area contributed by atoms with Crippen molar-refractivity contribution in [3.63, 3.8) is 0 Å². The molecule has 1 rings (SSSR count). The van der Waals surface area contributed by atoms with Gasteiger partial charge in [-0.25, -0.2) is 0 Å². The molecule has 0 nitrogen and oxygen atoms in total. The Bertz CT molecular complexity index is 148. The summed E-state index contributed by atoms with van der Waals surface area (Å²) in [7, 11) is 0. The second-order valence-corrected chi connectivity index (χ2v) is 2.87. The van der Waals surface area contributed by atoms with Gasteiger partial charge in [-0.05, 0) is 26.2 Å². The van der Waals surface area contributed by atoms with E-state index < -0.39 is 0 Å². The van der Waals surface area contributed by atoms with Crippen molar-refractivity contribution in [2.24, 2.45) is 0 Å². The van der Waals surface area contributed by atoms with Gasteiger partial charge in [-0.1, -0.05) is 0 Å². The summed E-state index contributed by atoms with van der Waals surface area (Å²) in [5.41, 5.74) is 1.07. The third kappa shape index (κ3) is 3.21. The van der Waals surface area contributed by atoms with E-state index in [4.69, 9.17) is 0 Å². The zero-order valence-electron chi connectivity index (χ0n) is 5.10. The Hall–Kier alpha value is 0.443. The van der Waals surface area contributed by atoms with E-state index in [0.29, 0.717) is 0 Å². The molecular weight excluding hydrogens is 276 g/mol. The summed E-state index contributed by atoms with van der Waals surface area (Å²) in [5.74, 6) is 0. The average molecular weight is 282 g/mol. The molecule has 9 heavy (non-hydrogen) atoms. The van der Waals surface area contributed by atoms with Crippen LogP contribution in [0.15, 0.2) is 24.3 Å². The second-order valence-electron chi connectivity index (χ2n) is 1.63. The van der Waals surface area contributed by atoms with E-state index in [1.54, 1.807) is 0 Å². The minimum absolute atomic E-state index is 0. The van der Waals surface area contributed by atoms with Gasteiger partial charge in [0.2, 0.25) is 0 Å². The number of benzene rings is 1.